The number of nitrogens with zero attached hydrogens (tertiary/aromatic N) is 3. The zero-order valence-corrected chi connectivity index (χ0v) is 26.0. The molecule has 0 spiro atoms. The summed E-state index contributed by atoms with van der Waals surface area (Å²) in [6.45, 7) is 15.6. The zero-order chi connectivity index (χ0) is 31.1. The molecular weight excluding hydrogens is 545 g/mol. The number of hydrogen-bond donors (Lipinski definition) is 1. The second kappa shape index (κ2) is 11.6. The van der Waals surface area contributed by atoms with Crippen molar-refractivity contribution in [2.45, 2.75) is 73.0 Å². The number of benzene rings is 2. The van der Waals surface area contributed by atoms with Crippen LogP contribution in [0.25, 0.3) is 33.9 Å². The Hall–Kier alpha value is -4.04. The van der Waals surface area contributed by atoms with Crippen molar-refractivity contribution in [3.8, 4) is 33.9 Å². The standard InChI is InChI=1S/C35H40FN3O4/c1-21-28(24-8-10-25(11-9-24)32-37-20-27(42-32)23-12-14-26(36)15-13-23)30(39-18-16-35(6,7)17-19-39)29(22(2)38-21)31(33(40)41)43-34(3,4)5/h8-15,20,31H,16-19H2,1-7H3,(H,40,41). The molecule has 4 aromatic rings. The number of pyridine rings is 1. The Morgan fingerprint density at radius 3 is 2.14 bits per heavy atom. The van der Waals surface area contributed by atoms with Gasteiger partial charge in [0.05, 0.1) is 17.5 Å². The number of aromatic nitrogens is 2. The maximum absolute atomic E-state index is 13.4. The summed E-state index contributed by atoms with van der Waals surface area (Å²) in [5.41, 5.74) is 5.84. The first-order valence-electron chi connectivity index (χ1n) is 14.7. The predicted octanol–water partition coefficient (Wildman–Crippen LogP) is 8.39. The third kappa shape index (κ3) is 6.64. The summed E-state index contributed by atoms with van der Waals surface area (Å²) in [6.07, 6.45) is 2.44. The minimum Gasteiger partial charge on any atom is -0.479 e. The molecule has 8 heteroatoms. The lowest BCUT2D eigenvalue weighted by atomic mass is 9.81. The van der Waals surface area contributed by atoms with E-state index in [-0.39, 0.29) is 11.2 Å². The fourth-order valence-electron chi connectivity index (χ4n) is 5.69. The molecule has 1 aliphatic rings. The summed E-state index contributed by atoms with van der Waals surface area (Å²) in [5, 5.41) is 10.4. The van der Waals surface area contributed by atoms with Gasteiger partial charge in [0.1, 0.15) is 5.82 Å². The van der Waals surface area contributed by atoms with E-state index < -0.39 is 17.7 Å². The molecule has 2 aromatic heterocycles. The van der Waals surface area contributed by atoms with Crippen molar-refractivity contribution in [1.82, 2.24) is 9.97 Å². The number of anilines is 1. The van der Waals surface area contributed by atoms with Gasteiger partial charge in [-0.05, 0) is 94.8 Å². The van der Waals surface area contributed by atoms with Crippen LogP contribution in [0, 0.1) is 25.1 Å². The van der Waals surface area contributed by atoms with Crippen molar-refractivity contribution < 1.29 is 23.4 Å². The summed E-state index contributed by atoms with van der Waals surface area (Å²) < 4.78 is 25.6. The summed E-state index contributed by atoms with van der Waals surface area (Å²) in [7, 11) is 0. The molecule has 0 aliphatic carbocycles. The van der Waals surface area contributed by atoms with Crippen molar-refractivity contribution >= 4 is 11.7 Å². The van der Waals surface area contributed by atoms with Crippen molar-refractivity contribution in [2.24, 2.45) is 5.41 Å². The summed E-state index contributed by atoms with van der Waals surface area (Å²) in [5.74, 6) is -0.343. The van der Waals surface area contributed by atoms with Gasteiger partial charge in [-0.15, -0.1) is 0 Å². The Balaban J connectivity index is 1.60. The van der Waals surface area contributed by atoms with E-state index in [4.69, 9.17) is 14.1 Å². The van der Waals surface area contributed by atoms with E-state index in [1.165, 1.54) is 12.1 Å². The molecule has 5 rings (SSSR count). The average Bonchev–Trinajstić information content (AvgIpc) is 3.42. The van der Waals surface area contributed by atoms with Gasteiger partial charge in [-0.25, -0.2) is 14.2 Å². The van der Waals surface area contributed by atoms with E-state index in [9.17, 15) is 14.3 Å². The van der Waals surface area contributed by atoms with Crippen LogP contribution in [0.4, 0.5) is 10.1 Å². The minimum atomic E-state index is -1.17. The molecule has 0 saturated carbocycles. The Kier molecular flexibility index (Phi) is 8.18. The van der Waals surface area contributed by atoms with Crippen LogP contribution >= 0.6 is 0 Å². The topological polar surface area (TPSA) is 88.7 Å². The van der Waals surface area contributed by atoms with Gasteiger partial charge in [-0.2, -0.15) is 0 Å². The Morgan fingerprint density at radius 2 is 1.56 bits per heavy atom. The molecule has 226 valence electrons. The zero-order valence-electron chi connectivity index (χ0n) is 26.0. The molecule has 1 fully saturated rings. The predicted molar refractivity (Wildman–Crippen MR) is 166 cm³/mol. The highest BCUT2D eigenvalue weighted by Crippen LogP contribution is 2.45. The smallest absolute Gasteiger partial charge is 0.337 e. The number of aliphatic carboxylic acids is 1. The monoisotopic (exact) mass is 585 g/mol. The van der Waals surface area contributed by atoms with Crippen LogP contribution in [-0.2, 0) is 9.53 Å². The lowest BCUT2D eigenvalue weighted by Crippen LogP contribution is -2.39. The van der Waals surface area contributed by atoms with Crippen LogP contribution in [0.1, 0.15) is 70.5 Å². The molecule has 2 aromatic carbocycles. The molecule has 1 N–H and O–H groups in total. The van der Waals surface area contributed by atoms with Gasteiger partial charge in [0.15, 0.2) is 11.9 Å². The molecule has 1 atom stereocenters. The third-order valence-electron chi connectivity index (χ3n) is 8.02. The second-order valence-electron chi connectivity index (χ2n) is 13.1. The first-order valence-corrected chi connectivity index (χ1v) is 14.7. The highest BCUT2D eigenvalue weighted by Gasteiger charge is 2.36. The number of carboxylic acid groups (broad SMARTS) is 1. The number of rotatable bonds is 7. The number of oxazole rings is 1. The first kappa shape index (κ1) is 30.4. The van der Waals surface area contributed by atoms with Gasteiger partial charge in [-0.3, -0.25) is 4.98 Å². The molecule has 1 aliphatic heterocycles. The van der Waals surface area contributed by atoms with E-state index >= 15 is 0 Å². The number of carboxylic acids is 1. The van der Waals surface area contributed by atoms with Crippen molar-refractivity contribution in [1.29, 1.82) is 0 Å². The summed E-state index contributed by atoms with van der Waals surface area (Å²) in [4.78, 5) is 24.3. The molecular formula is C35H40FN3O4. The molecule has 0 bridgehead atoms. The van der Waals surface area contributed by atoms with Crippen molar-refractivity contribution in [3.05, 3.63) is 77.5 Å². The van der Waals surface area contributed by atoms with Gasteiger partial charge in [0.25, 0.3) is 0 Å². The molecule has 0 radical (unpaired) electrons. The van der Waals surface area contributed by atoms with Gasteiger partial charge in [-0.1, -0.05) is 26.0 Å². The van der Waals surface area contributed by atoms with E-state index in [1.54, 1.807) is 18.3 Å². The van der Waals surface area contributed by atoms with E-state index in [0.717, 1.165) is 59.6 Å². The number of halogens is 1. The minimum absolute atomic E-state index is 0.215. The van der Waals surface area contributed by atoms with Crippen LogP contribution < -0.4 is 4.90 Å². The fraction of sp³-hybridized carbons (Fsp3) is 0.400. The third-order valence-corrected chi connectivity index (χ3v) is 8.02. The number of piperidine rings is 1. The van der Waals surface area contributed by atoms with E-state index in [1.807, 2.05) is 58.9 Å². The number of ether oxygens (including phenoxy) is 1. The van der Waals surface area contributed by atoms with Gasteiger partial charge < -0.3 is 19.2 Å². The number of hydrogen-bond acceptors (Lipinski definition) is 6. The largest absolute Gasteiger partial charge is 0.479 e. The highest BCUT2D eigenvalue weighted by atomic mass is 19.1. The first-order chi connectivity index (χ1) is 20.2. The SMILES string of the molecule is Cc1nc(C)c(C(OC(C)(C)C)C(=O)O)c(N2CCC(C)(C)CC2)c1-c1ccc(-c2ncc(-c3ccc(F)cc3)o2)cc1. The lowest BCUT2D eigenvalue weighted by molar-refractivity contribution is -0.160. The number of carbonyl (C=O) groups is 1. The van der Waals surface area contributed by atoms with Gasteiger partial charge in [0.2, 0.25) is 5.89 Å². The second-order valence-corrected chi connectivity index (χ2v) is 13.1. The molecule has 1 unspecified atom stereocenters. The maximum Gasteiger partial charge on any atom is 0.337 e. The lowest BCUT2D eigenvalue weighted by Gasteiger charge is -2.41. The Labute approximate surface area is 252 Å². The molecule has 43 heavy (non-hydrogen) atoms. The Morgan fingerprint density at radius 1 is 0.977 bits per heavy atom. The van der Waals surface area contributed by atoms with Crippen molar-refractivity contribution in [2.75, 3.05) is 18.0 Å². The van der Waals surface area contributed by atoms with Gasteiger partial charge >= 0.3 is 5.97 Å². The fourth-order valence-corrected chi connectivity index (χ4v) is 5.69. The normalized spacial score (nSPS) is 15.9. The van der Waals surface area contributed by atoms with Crippen molar-refractivity contribution in [3.63, 3.8) is 0 Å². The molecule has 3 heterocycles. The maximum atomic E-state index is 13.4. The van der Waals surface area contributed by atoms with Crippen LogP contribution in [0.15, 0.2) is 59.1 Å². The average molecular weight is 586 g/mol. The molecule has 0 amide bonds. The molecule has 1 saturated heterocycles. The highest BCUT2D eigenvalue weighted by molar-refractivity contribution is 5.88. The quantitative estimate of drug-likeness (QED) is 0.233. The van der Waals surface area contributed by atoms with Crippen LogP contribution in [-0.4, -0.2) is 39.7 Å². The summed E-state index contributed by atoms with van der Waals surface area (Å²) in [6, 6.07) is 14.0. The van der Waals surface area contributed by atoms with E-state index in [2.05, 4.69) is 23.7 Å². The van der Waals surface area contributed by atoms with Gasteiger partial charge in [0, 0.05) is 46.7 Å². The van der Waals surface area contributed by atoms with Crippen LogP contribution in [0.2, 0.25) is 0 Å². The van der Waals surface area contributed by atoms with E-state index in [0.29, 0.717) is 22.9 Å². The van der Waals surface area contributed by atoms with Crippen LogP contribution in [0.5, 0.6) is 0 Å². The summed E-state index contributed by atoms with van der Waals surface area (Å²) >= 11 is 0. The Bertz CT molecular complexity index is 1610. The number of aryl methyl sites for hydroxylation is 2. The molecule has 7 nitrogen and oxygen atoms in total. The van der Waals surface area contributed by atoms with Crippen LogP contribution in [0.3, 0.4) is 0 Å².